The Balaban J connectivity index is 0.00000156. The molecule has 0 unspecified atom stereocenters. The van der Waals surface area contributed by atoms with Crippen LogP contribution in [0.25, 0.3) is 21.7 Å². The highest BCUT2D eigenvalue weighted by Gasteiger charge is 2.07. The second-order valence-corrected chi connectivity index (χ2v) is 5.40. The molecule has 23 heavy (non-hydrogen) atoms. The zero-order valence-electron chi connectivity index (χ0n) is 12.7. The number of nitrogens with zero attached hydrogens (tertiary/aromatic N) is 2. The molecule has 0 aliphatic rings. The Labute approximate surface area is 140 Å². The molecule has 4 aromatic rings. The first-order valence-corrected chi connectivity index (χ1v) is 7.27. The maximum atomic E-state index is 4.48. The summed E-state index contributed by atoms with van der Waals surface area (Å²) in [7, 11) is 0. The molecular formula is C19H16ClN3. The van der Waals surface area contributed by atoms with Crippen LogP contribution in [0.3, 0.4) is 0 Å². The highest BCUT2D eigenvalue weighted by Crippen LogP contribution is 2.28. The zero-order valence-corrected chi connectivity index (χ0v) is 13.5. The monoisotopic (exact) mass is 321 g/mol. The lowest BCUT2D eigenvalue weighted by atomic mass is 10.1. The first kappa shape index (κ1) is 15.3. The third-order valence-electron chi connectivity index (χ3n) is 3.81. The van der Waals surface area contributed by atoms with E-state index in [2.05, 4.69) is 58.6 Å². The predicted molar refractivity (Wildman–Crippen MR) is 98.8 cm³/mol. The van der Waals surface area contributed by atoms with Crippen molar-refractivity contribution < 1.29 is 0 Å². The Morgan fingerprint density at radius 2 is 1.70 bits per heavy atom. The average Bonchev–Trinajstić information content (AvgIpc) is 2.55. The van der Waals surface area contributed by atoms with Crippen LogP contribution in [0.15, 0.2) is 67.0 Å². The van der Waals surface area contributed by atoms with Gasteiger partial charge in [0.1, 0.15) is 12.1 Å². The number of rotatable bonds is 2. The van der Waals surface area contributed by atoms with Crippen LogP contribution in [0.2, 0.25) is 0 Å². The Morgan fingerprint density at radius 3 is 2.57 bits per heavy atom. The first-order chi connectivity index (χ1) is 10.8. The summed E-state index contributed by atoms with van der Waals surface area (Å²) in [5.41, 5.74) is 3.23. The lowest BCUT2D eigenvalue weighted by molar-refractivity contribution is 1.22. The molecule has 0 spiro atoms. The fourth-order valence-electron chi connectivity index (χ4n) is 2.76. The number of aromatic nitrogens is 2. The largest absolute Gasteiger partial charge is 0.340 e. The van der Waals surface area contributed by atoms with Gasteiger partial charge in [-0.25, -0.2) is 9.97 Å². The molecule has 0 fully saturated rings. The summed E-state index contributed by atoms with van der Waals surface area (Å²) in [4.78, 5) is 8.89. The van der Waals surface area contributed by atoms with E-state index in [4.69, 9.17) is 0 Å². The van der Waals surface area contributed by atoms with Gasteiger partial charge in [-0.05, 0) is 36.1 Å². The minimum atomic E-state index is 0. The van der Waals surface area contributed by atoms with Gasteiger partial charge in [0.2, 0.25) is 0 Å². The van der Waals surface area contributed by atoms with Gasteiger partial charge in [-0.3, -0.25) is 0 Å². The molecule has 0 amide bonds. The van der Waals surface area contributed by atoms with Crippen molar-refractivity contribution in [2.45, 2.75) is 6.92 Å². The van der Waals surface area contributed by atoms with Crippen LogP contribution in [0.1, 0.15) is 5.56 Å². The van der Waals surface area contributed by atoms with Crippen molar-refractivity contribution in [2.24, 2.45) is 0 Å². The Bertz CT molecular complexity index is 982. The first-order valence-electron chi connectivity index (χ1n) is 7.27. The summed E-state index contributed by atoms with van der Waals surface area (Å²) in [6, 6.07) is 20.7. The Hall–Kier alpha value is -2.65. The Kier molecular flexibility index (Phi) is 4.13. The SMILES string of the molecule is Cc1cccc(Nc2ncnc3c2ccc2ccccc23)c1.Cl. The minimum absolute atomic E-state index is 0. The van der Waals surface area contributed by atoms with Crippen LogP contribution in [-0.2, 0) is 0 Å². The van der Waals surface area contributed by atoms with E-state index in [1.54, 1.807) is 6.33 Å². The number of nitrogens with one attached hydrogen (secondary N) is 1. The molecule has 0 aliphatic heterocycles. The van der Waals surface area contributed by atoms with Gasteiger partial charge in [0.25, 0.3) is 0 Å². The molecule has 0 radical (unpaired) electrons. The lowest BCUT2D eigenvalue weighted by Gasteiger charge is -2.10. The molecule has 1 heterocycles. The topological polar surface area (TPSA) is 37.8 Å². The average molecular weight is 322 g/mol. The highest BCUT2D eigenvalue weighted by molar-refractivity contribution is 6.08. The molecule has 4 rings (SSSR count). The van der Waals surface area contributed by atoms with E-state index in [1.165, 1.54) is 10.9 Å². The van der Waals surface area contributed by atoms with E-state index < -0.39 is 0 Å². The summed E-state index contributed by atoms with van der Waals surface area (Å²) < 4.78 is 0. The van der Waals surface area contributed by atoms with Crippen LogP contribution in [0, 0.1) is 6.92 Å². The van der Waals surface area contributed by atoms with Crippen molar-refractivity contribution in [3.8, 4) is 0 Å². The molecule has 0 saturated heterocycles. The number of halogens is 1. The van der Waals surface area contributed by atoms with Crippen molar-refractivity contribution in [2.75, 3.05) is 5.32 Å². The standard InChI is InChI=1S/C19H15N3.ClH/c1-13-5-4-7-15(11-13)22-19-17-10-9-14-6-2-3-8-16(14)18(17)20-12-21-19;/h2-12H,1H3,(H,20,21,22);1H. The van der Waals surface area contributed by atoms with Gasteiger partial charge in [-0.15, -0.1) is 12.4 Å². The van der Waals surface area contributed by atoms with E-state index in [0.29, 0.717) is 0 Å². The van der Waals surface area contributed by atoms with Crippen molar-refractivity contribution in [3.05, 3.63) is 72.6 Å². The van der Waals surface area contributed by atoms with Gasteiger partial charge in [0.05, 0.1) is 5.52 Å². The number of aryl methyl sites for hydroxylation is 1. The minimum Gasteiger partial charge on any atom is -0.340 e. The van der Waals surface area contributed by atoms with E-state index in [9.17, 15) is 0 Å². The van der Waals surface area contributed by atoms with Gasteiger partial charge in [0, 0.05) is 16.5 Å². The van der Waals surface area contributed by atoms with E-state index >= 15 is 0 Å². The third kappa shape index (κ3) is 2.83. The van der Waals surface area contributed by atoms with Gasteiger partial charge in [-0.1, -0.05) is 42.5 Å². The summed E-state index contributed by atoms with van der Waals surface area (Å²) >= 11 is 0. The summed E-state index contributed by atoms with van der Waals surface area (Å²) in [6.45, 7) is 2.08. The molecule has 3 aromatic carbocycles. The van der Waals surface area contributed by atoms with Crippen LogP contribution < -0.4 is 5.32 Å². The molecule has 4 heteroatoms. The number of benzene rings is 3. The molecule has 3 nitrogen and oxygen atoms in total. The van der Waals surface area contributed by atoms with Crippen LogP contribution in [0.4, 0.5) is 11.5 Å². The summed E-state index contributed by atoms with van der Waals surface area (Å²) in [6.07, 6.45) is 1.62. The molecule has 0 bridgehead atoms. The fourth-order valence-corrected chi connectivity index (χ4v) is 2.76. The number of anilines is 2. The molecule has 1 N–H and O–H groups in total. The molecule has 1 aromatic heterocycles. The van der Waals surface area contributed by atoms with Crippen LogP contribution >= 0.6 is 12.4 Å². The molecular weight excluding hydrogens is 306 g/mol. The van der Waals surface area contributed by atoms with Crippen molar-refractivity contribution in [3.63, 3.8) is 0 Å². The number of fused-ring (bicyclic) bond motifs is 3. The normalized spacial score (nSPS) is 10.5. The highest BCUT2D eigenvalue weighted by atomic mass is 35.5. The second-order valence-electron chi connectivity index (χ2n) is 5.40. The predicted octanol–water partition coefficient (Wildman–Crippen LogP) is 5.26. The van der Waals surface area contributed by atoms with Gasteiger partial charge in [-0.2, -0.15) is 0 Å². The van der Waals surface area contributed by atoms with Gasteiger partial charge >= 0.3 is 0 Å². The molecule has 0 atom stereocenters. The molecule has 0 aliphatic carbocycles. The second kappa shape index (κ2) is 6.23. The maximum Gasteiger partial charge on any atom is 0.141 e. The molecule has 114 valence electrons. The van der Waals surface area contributed by atoms with Crippen LogP contribution in [0.5, 0.6) is 0 Å². The van der Waals surface area contributed by atoms with E-state index in [1.807, 2.05) is 24.3 Å². The van der Waals surface area contributed by atoms with E-state index in [0.717, 1.165) is 27.8 Å². The Morgan fingerprint density at radius 1 is 0.826 bits per heavy atom. The van der Waals surface area contributed by atoms with Crippen molar-refractivity contribution >= 4 is 45.6 Å². The quantitative estimate of drug-likeness (QED) is 0.512. The van der Waals surface area contributed by atoms with Gasteiger partial charge < -0.3 is 5.32 Å². The third-order valence-corrected chi connectivity index (χ3v) is 3.81. The maximum absolute atomic E-state index is 4.48. The lowest BCUT2D eigenvalue weighted by Crippen LogP contribution is -1.96. The zero-order chi connectivity index (χ0) is 14.9. The summed E-state index contributed by atoms with van der Waals surface area (Å²) in [5, 5.41) is 6.77. The molecule has 0 saturated carbocycles. The number of hydrogen-bond acceptors (Lipinski definition) is 3. The fraction of sp³-hybridized carbons (Fsp3) is 0.0526. The summed E-state index contributed by atoms with van der Waals surface area (Å²) in [5.74, 6) is 0.835. The van der Waals surface area contributed by atoms with Gasteiger partial charge in [0.15, 0.2) is 0 Å². The van der Waals surface area contributed by atoms with Crippen molar-refractivity contribution in [1.29, 1.82) is 0 Å². The smallest absolute Gasteiger partial charge is 0.141 e. The van der Waals surface area contributed by atoms with Crippen LogP contribution in [-0.4, -0.2) is 9.97 Å². The van der Waals surface area contributed by atoms with Crippen molar-refractivity contribution in [1.82, 2.24) is 9.97 Å². The number of hydrogen-bond donors (Lipinski definition) is 1. The van der Waals surface area contributed by atoms with E-state index in [-0.39, 0.29) is 12.4 Å².